The third-order valence-electron chi connectivity index (χ3n) is 5.94. The molecule has 1 aliphatic carbocycles. The molecule has 2 fully saturated rings. The predicted octanol–water partition coefficient (Wildman–Crippen LogP) is 3.68. The highest BCUT2D eigenvalue weighted by molar-refractivity contribution is 5.86. The lowest BCUT2D eigenvalue weighted by atomic mass is 9.82. The van der Waals surface area contributed by atoms with Crippen LogP contribution in [0.15, 0.2) is 30.3 Å². The summed E-state index contributed by atoms with van der Waals surface area (Å²) in [4.78, 5) is 14.8. The molecule has 1 saturated carbocycles. The maximum absolute atomic E-state index is 12.3. The molecule has 0 bridgehead atoms. The van der Waals surface area contributed by atoms with Crippen molar-refractivity contribution in [2.24, 2.45) is 5.73 Å². The van der Waals surface area contributed by atoms with E-state index in [2.05, 4.69) is 40.5 Å². The van der Waals surface area contributed by atoms with Gasteiger partial charge in [0.25, 0.3) is 0 Å². The zero-order valence-corrected chi connectivity index (χ0v) is 18.9. The molecule has 7 heteroatoms. The topological polar surface area (TPSA) is 67.6 Å². The smallest absolute Gasteiger partial charge is 0.240 e. The summed E-state index contributed by atoms with van der Waals surface area (Å²) >= 11 is 0. The van der Waals surface area contributed by atoms with Crippen molar-refractivity contribution in [1.29, 1.82) is 0 Å². The predicted molar refractivity (Wildman–Crippen MR) is 123 cm³/mol. The minimum absolute atomic E-state index is 0. The monoisotopic (exact) mass is 445 g/mol. The molecule has 3 N–H and O–H groups in total. The van der Waals surface area contributed by atoms with Crippen LogP contribution in [-0.2, 0) is 16.1 Å². The number of halogens is 2. The van der Waals surface area contributed by atoms with Gasteiger partial charge in [-0.15, -0.1) is 24.8 Å². The molecule has 1 heterocycles. The highest BCUT2D eigenvalue weighted by Gasteiger charge is 2.34. The first kappa shape index (κ1) is 26.2. The molecule has 0 unspecified atom stereocenters. The van der Waals surface area contributed by atoms with Gasteiger partial charge in [-0.05, 0) is 37.7 Å². The van der Waals surface area contributed by atoms with Crippen LogP contribution in [0.2, 0.25) is 0 Å². The fraction of sp³-hybridized carbons (Fsp3) is 0.682. The number of hydrogen-bond acceptors (Lipinski definition) is 4. The molecular formula is C22H37Cl2N3O2. The molecule has 1 aromatic carbocycles. The van der Waals surface area contributed by atoms with Gasteiger partial charge in [0.05, 0.1) is 11.6 Å². The quantitative estimate of drug-likeness (QED) is 0.598. The number of hydrogen-bond donors (Lipinski definition) is 2. The molecule has 1 amide bonds. The Morgan fingerprint density at radius 2 is 1.76 bits per heavy atom. The highest BCUT2D eigenvalue weighted by Crippen LogP contribution is 2.25. The number of nitrogens with one attached hydrogen (secondary N) is 1. The Labute approximate surface area is 187 Å². The number of rotatable bonds is 8. The number of piperidine rings is 1. The van der Waals surface area contributed by atoms with E-state index in [1.165, 1.54) is 12.0 Å². The molecule has 3 rings (SSSR count). The summed E-state index contributed by atoms with van der Waals surface area (Å²) in [6.07, 6.45) is 8.35. The largest absolute Gasteiger partial charge is 0.378 e. The second-order valence-corrected chi connectivity index (χ2v) is 8.16. The van der Waals surface area contributed by atoms with Gasteiger partial charge in [-0.2, -0.15) is 0 Å². The first-order valence-electron chi connectivity index (χ1n) is 10.6. The van der Waals surface area contributed by atoms with Gasteiger partial charge >= 0.3 is 0 Å². The zero-order valence-electron chi connectivity index (χ0n) is 17.3. The molecule has 1 saturated heterocycles. The van der Waals surface area contributed by atoms with Gasteiger partial charge in [0.15, 0.2) is 0 Å². The second kappa shape index (κ2) is 13.5. The number of nitrogens with zero attached hydrogens (tertiary/aromatic N) is 1. The van der Waals surface area contributed by atoms with E-state index in [4.69, 9.17) is 10.5 Å². The number of carbonyl (C=O) groups is 1. The van der Waals surface area contributed by atoms with Crippen molar-refractivity contribution in [1.82, 2.24) is 10.2 Å². The van der Waals surface area contributed by atoms with E-state index in [0.717, 1.165) is 64.6 Å². The minimum atomic E-state index is -0.634. The summed E-state index contributed by atoms with van der Waals surface area (Å²) in [5.41, 5.74) is 7.00. The van der Waals surface area contributed by atoms with E-state index in [1.807, 2.05) is 0 Å². The maximum Gasteiger partial charge on any atom is 0.240 e. The average Bonchev–Trinajstić information content (AvgIpc) is 2.70. The normalized spacial score (nSPS) is 19.6. The van der Waals surface area contributed by atoms with Crippen LogP contribution < -0.4 is 11.1 Å². The Morgan fingerprint density at radius 1 is 1.10 bits per heavy atom. The summed E-state index contributed by atoms with van der Waals surface area (Å²) in [5.74, 6) is 0.0245. The third-order valence-corrected chi connectivity index (χ3v) is 5.94. The fourth-order valence-corrected chi connectivity index (χ4v) is 4.19. The van der Waals surface area contributed by atoms with Crippen LogP contribution in [0.3, 0.4) is 0 Å². The lowest BCUT2D eigenvalue weighted by Gasteiger charge is -2.32. The van der Waals surface area contributed by atoms with Crippen LogP contribution in [0.5, 0.6) is 0 Å². The first-order chi connectivity index (χ1) is 13.2. The summed E-state index contributed by atoms with van der Waals surface area (Å²) in [7, 11) is 0. The molecule has 0 spiro atoms. The van der Waals surface area contributed by atoms with Gasteiger partial charge in [-0.1, -0.05) is 49.6 Å². The Hall–Kier alpha value is -0.850. The van der Waals surface area contributed by atoms with Crippen LogP contribution >= 0.6 is 24.8 Å². The molecule has 166 valence electrons. The van der Waals surface area contributed by atoms with Crippen molar-refractivity contribution < 1.29 is 9.53 Å². The van der Waals surface area contributed by atoms with Crippen molar-refractivity contribution in [2.75, 3.05) is 26.2 Å². The third kappa shape index (κ3) is 8.42. The van der Waals surface area contributed by atoms with E-state index in [-0.39, 0.29) is 30.7 Å². The van der Waals surface area contributed by atoms with Crippen molar-refractivity contribution in [3.05, 3.63) is 35.9 Å². The molecular weight excluding hydrogens is 409 g/mol. The van der Waals surface area contributed by atoms with Crippen molar-refractivity contribution in [3.8, 4) is 0 Å². The lowest BCUT2D eigenvalue weighted by Crippen LogP contribution is -2.55. The number of ether oxygens (including phenoxy) is 1. The van der Waals surface area contributed by atoms with Crippen molar-refractivity contribution >= 4 is 30.7 Å². The van der Waals surface area contributed by atoms with Gasteiger partial charge in [-0.25, -0.2) is 0 Å². The van der Waals surface area contributed by atoms with Crippen LogP contribution in [0.25, 0.3) is 0 Å². The Balaban J connectivity index is 0.00000210. The van der Waals surface area contributed by atoms with E-state index >= 15 is 0 Å². The summed E-state index contributed by atoms with van der Waals surface area (Å²) in [6, 6.07) is 10.6. The average molecular weight is 446 g/mol. The van der Waals surface area contributed by atoms with Crippen LogP contribution in [0, 0.1) is 0 Å². The molecule has 0 aromatic heterocycles. The molecule has 0 atom stereocenters. The molecule has 5 nitrogen and oxygen atoms in total. The van der Waals surface area contributed by atoms with Crippen LogP contribution in [0.4, 0.5) is 0 Å². The van der Waals surface area contributed by atoms with Gasteiger partial charge in [0, 0.05) is 32.8 Å². The van der Waals surface area contributed by atoms with E-state index in [1.54, 1.807) is 0 Å². The highest BCUT2D eigenvalue weighted by atomic mass is 35.5. The Kier molecular flexibility index (Phi) is 12.1. The van der Waals surface area contributed by atoms with E-state index in [0.29, 0.717) is 19.3 Å². The standard InChI is InChI=1S/C22H35N3O2.2ClH/c23-22(12-5-2-6-13-22)21(26)24-14-7-17-27-20-10-15-25(16-11-20)18-19-8-3-1-4-9-19;;/h1,3-4,8-9,20H,2,5-7,10-18,23H2,(H,24,26);2*1H. The van der Waals surface area contributed by atoms with Gasteiger partial charge < -0.3 is 15.8 Å². The van der Waals surface area contributed by atoms with Crippen molar-refractivity contribution in [2.45, 2.75) is 69.6 Å². The summed E-state index contributed by atoms with van der Waals surface area (Å²) < 4.78 is 6.02. The van der Waals surface area contributed by atoms with Crippen LogP contribution in [-0.4, -0.2) is 48.7 Å². The first-order valence-corrected chi connectivity index (χ1v) is 10.6. The number of benzene rings is 1. The van der Waals surface area contributed by atoms with Gasteiger partial charge in [-0.3, -0.25) is 9.69 Å². The number of carbonyl (C=O) groups excluding carboxylic acids is 1. The number of nitrogens with two attached hydrogens (primary N) is 1. The lowest BCUT2D eigenvalue weighted by molar-refractivity contribution is -0.127. The van der Waals surface area contributed by atoms with E-state index < -0.39 is 5.54 Å². The SMILES string of the molecule is Cl.Cl.NC1(C(=O)NCCCOC2CCN(Cc3ccccc3)CC2)CCCCC1. The number of likely N-dealkylation sites (tertiary alicyclic amines) is 1. The summed E-state index contributed by atoms with van der Waals surface area (Å²) in [5, 5.41) is 3.01. The second-order valence-electron chi connectivity index (χ2n) is 8.16. The Bertz CT molecular complexity index is 575. The molecule has 0 radical (unpaired) electrons. The van der Waals surface area contributed by atoms with E-state index in [9.17, 15) is 4.79 Å². The Morgan fingerprint density at radius 3 is 2.41 bits per heavy atom. The van der Waals surface area contributed by atoms with Crippen LogP contribution in [0.1, 0.15) is 56.9 Å². The molecule has 2 aliphatic rings. The van der Waals surface area contributed by atoms with Gasteiger partial charge in [0.1, 0.15) is 0 Å². The zero-order chi connectivity index (χ0) is 19.0. The minimum Gasteiger partial charge on any atom is -0.378 e. The number of amides is 1. The van der Waals surface area contributed by atoms with Gasteiger partial charge in [0.2, 0.25) is 5.91 Å². The maximum atomic E-state index is 12.3. The molecule has 1 aromatic rings. The molecule has 1 aliphatic heterocycles. The fourth-order valence-electron chi connectivity index (χ4n) is 4.19. The molecule has 29 heavy (non-hydrogen) atoms. The van der Waals surface area contributed by atoms with Crippen molar-refractivity contribution in [3.63, 3.8) is 0 Å². The summed E-state index contributed by atoms with van der Waals surface area (Å²) in [6.45, 7) is 4.57.